The molecule has 106 valence electrons. The van der Waals surface area contributed by atoms with Gasteiger partial charge in [0.05, 0.1) is 4.47 Å². The van der Waals surface area contributed by atoms with Crippen molar-refractivity contribution < 1.29 is 0 Å². The summed E-state index contributed by atoms with van der Waals surface area (Å²) in [7, 11) is 0. The van der Waals surface area contributed by atoms with Gasteiger partial charge < -0.3 is 10.2 Å². The molecule has 4 heteroatoms. The monoisotopic (exact) mass is 325 g/mol. The summed E-state index contributed by atoms with van der Waals surface area (Å²) in [6, 6.07) is 2.02. The zero-order valence-corrected chi connectivity index (χ0v) is 13.5. The summed E-state index contributed by atoms with van der Waals surface area (Å²) in [6.45, 7) is 9.12. The molecule has 0 aromatic carbocycles. The maximum absolute atomic E-state index is 4.39. The van der Waals surface area contributed by atoms with E-state index in [4.69, 9.17) is 0 Å². The van der Waals surface area contributed by atoms with Gasteiger partial charge in [0.1, 0.15) is 5.82 Å². The minimum absolute atomic E-state index is 0.646. The third-order valence-corrected chi connectivity index (χ3v) is 4.72. The molecule has 1 atom stereocenters. The van der Waals surface area contributed by atoms with E-state index in [9.17, 15) is 0 Å². The molecule has 1 saturated heterocycles. The van der Waals surface area contributed by atoms with Gasteiger partial charge in [-0.2, -0.15) is 0 Å². The number of hydrogen-bond acceptors (Lipinski definition) is 3. The van der Waals surface area contributed by atoms with Crippen LogP contribution in [-0.2, 0) is 0 Å². The summed E-state index contributed by atoms with van der Waals surface area (Å²) in [5.74, 6) is 1.61. The maximum atomic E-state index is 4.39. The SMILES string of the molecule is Cc1ccnc(NCC(C)CN2CCCCC2)c1Br. The van der Waals surface area contributed by atoms with Crippen LogP contribution in [0.5, 0.6) is 0 Å². The average Bonchev–Trinajstić information content (AvgIpc) is 2.42. The Morgan fingerprint density at radius 3 is 2.84 bits per heavy atom. The molecule has 2 heterocycles. The Bertz CT molecular complexity index is 402. The Labute approximate surface area is 124 Å². The van der Waals surface area contributed by atoms with E-state index in [1.807, 2.05) is 12.3 Å². The van der Waals surface area contributed by atoms with Crippen LogP contribution < -0.4 is 5.32 Å². The molecule has 1 aromatic heterocycles. The first kappa shape index (κ1) is 14.8. The fraction of sp³-hybridized carbons (Fsp3) is 0.667. The van der Waals surface area contributed by atoms with Gasteiger partial charge in [0.25, 0.3) is 0 Å². The standard InChI is InChI=1S/C15H24BrN3/c1-12(11-19-8-4-3-5-9-19)10-18-15-14(16)13(2)6-7-17-15/h6-7,12H,3-5,8-11H2,1-2H3,(H,17,18). The maximum Gasteiger partial charge on any atom is 0.140 e. The average molecular weight is 326 g/mol. The van der Waals surface area contributed by atoms with Gasteiger partial charge in [0.15, 0.2) is 0 Å². The normalized spacial score (nSPS) is 18.3. The number of aryl methyl sites for hydroxylation is 1. The highest BCUT2D eigenvalue weighted by molar-refractivity contribution is 9.10. The molecule has 1 fully saturated rings. The highest BCUT2D eigenvalue weighted by atomic mass is 79.9. The topological polar surface area (TPSA) is 28.2 Å². The molecular formula is C15H24BrN3. The van der Waals surface area contributed by atoms with Gasteiger partial charge in [-0.15, -0.1) is 0 Å². The lowest BCUT2D eigenvalue weighted by molar-refractivity contribution is 0.204. The minimum Gasteiger partial charge on any atom is -0.369 e. The van der Waals surface area contributed by atoms with Gasteiger partial charge in [0, 0.05) is 19.3 Å². The molecule has 0 radical (unpaired) electrons. The predicted octanol–water partition coefficient (Wildman–Crippen LogP) is 3.69. The Balaban J connectivity index is 1.79. The van der Waals surface area contributed by atoms with E-state index in [-0.39, 0.29) is 0 Å². The van der Waals surface area contributed by atoms with Crippen molar-refractivity contribution in [2.24, 2.45) is 5.92 Å². The number of nitrogens with zero attached hydrogens (tertiary/aromatic N) is 2. The number of halogens is 1. The van der Waals surface area contributed by atoms with Crippen molar-refractivity contribution in [1.82, 2.24) is 9.88 Å². The number of piperidine rings is 1. The lowest BCUT2D eigenvalue weighted by Crippen LogP contribution is -2.35. The quantitative estimate of drug-likeness (QED) is 0.894. The second-order valence-corrected chi connectivity index (χ2v) is 6.43. The summed E-state index contributed by atoms with van der Waals surface area (Å²) in [6.07, 6.45) is 6.00. The molecule has 2 rings (SSSR count). The predicted molar refractivity (Wildman–Crippen MR) is 84.6 cm³/mol. The Hall–Kier alpha value is -0.610. The number of rotatable bonds is 5. The van der Waals surface area contributed by atoms with Gasteiger partial charge >= 0.3 is 0 Å². The van der Waals surface area contributed by atoms with Crippen molar-refractivity contribution in [2.45, 2.75) is 33.1 Å². The third-order valence-electron chi connectivity index (χ3n) is 3.72. The van der Waals surface area contributed by atoms with E-state index in [0.29, 0.717) is 5.92 Å². The van der Waals surface area contributed by atoms with Gasteiger partial charge in [-0.05, 0) is 66.3 Å². The smallest absolute Gasteiger partial charge is 0.140 e. The molecule has 3 nitrogen and oxygen atoms in total. The Morgan fingerprint density at radius 1 is 1.37 bits per heavy atom. The summed E-state index contributed by atoms with van der Waals surface area (Å²) in [4.78, 5) is 6.98. The van der Waals surface area contributed by atoms with E-state index in [0.717, 1.165) is 16.8 Å². The van der Waals surface area contributed by atoms with Crippen LogP contribution >= 0.6 is 15.9 Å². The van der Waals surface area contributed by atoms with Crippen LogP contribution in [0.2, 0.25) is 0 Å². The Morgan fingerprint density at radius 2 is 2.11 bits per heavy atom. The second kappa shape index (κ2) is 7.25. The zero-order valence-electron chi connectivity index (χ0n) is 12.0. The summed E-state index contributed by atoms with van der Waals surface area (Å²) in [5.41, 5.74) is 1.22. The molecule has 0 aliphatic carbocycles. The van der Waals surface area contributed by atoms with Crippen molar-refractivity contribution in [3.8, 4) is 0 Å². The number of nitrogens with one attached hydrogen (secondary N) is 1. The lowest BCUT2D eigenvalue weighted by atomic mass is 10.1. The van der Waals surface area contributed by atoms with E-state index < -0.39 is 0 Å². The van der Waals surface area contributed by atoms with Crippen molar-refractivity contribution in [3.63, 3.8) is 0 Å². The highest BCUT2D eigenvalue weighted by Crippen LogP contribution is 2.23. The van der Waals surface area contributed by atoms with Crippen LogP contribution in [-0.4, -0.2) is 36.1 Å². The van der Waals surface area contributed by atoms with E-state index >= 15 is 0 Å². The Kier molecular flexibility index (Phi) is 5.64. The number of likely N-dealkylation sites (tertiary alicyclic amines) is 1. The molecule has 0 amide bonds. The summed E-state index contributed by atoms with van der Waals surface area (Å²) < 4.78 is 1.08. The third kappa shape index (κ3) is 4.46. The molecular weight excluding hydrogens is 302 g/mol. The van der Waals surface area contributed by atoms with Crippen LogP contribution in [0.15, 0.2) is 16.7 Å². The zero-order chi connectivity index (χ0) is 13.7. The van der Waals surface area contributed by atoms with E-state index in [2.05, 4.69) is 45.0 Å². The fourth-order valence-electron chi connectivity index (χ4n) is 2.58. The molecule has 1 aliphatic heterocycles. The number of aromatic nitrogens is 1. The van der Waals surface area contributed by atoms with Crippen LogP contribution in [0, 0.1) is 12.8 Å². The van der Waals surface area contributed by atoms with Crippen molar-refractivity contribution in [1.29, 1.82) is 0 Å². The van der Waals surface area contributed by atoms with Gasteiger partial charge in [-0.3, -0.25) is 0 Å². The first-order valence-electron chi connectivity index (χ1n) is 7.24. The molecule has 1 aromatic rings. The fourth-order valence-corrected chi connectivity index (χ4v) is 2.96. The van der Waals surface area contributed by atoms with Crippen LogP contribution in [0.4, 0.5) is 5.82 Å². The number of hydrogen-bond donors (Lipinski definition) is 1. The summed E-state index contributed by atoms with van der Waals surface area (Å²) >= 11 is 3.59. The largest absolute Gasteiger partial charge is 0.369 e. The van der Waals surface area contributed by atoms with E-state index in [1.54, 1.807) is 0 Å². The molecule has 1 aliphatic rings. The lowest BCUT2D eigenvalue weighted by Gasteiger charge is -2.29. The highest BCUT2D eigenvalue weighted by Gasteiger charge is 2.13. The molecule has 1 unspecified atom stereocenters. The van der Waals surface area contributed by atoms with Gasteiger partial charge in [0.2, 0.25) is 0 Å². The molecule has 1 N–H and O–H groups in total. The molecule has 0 bridgehead atoms. The van der Waals surface area contributed by atoms with Crippen molar-refractivity contribution >= 4 is 21.7 Å². The summed E-state index contributed by atoms with van der Waals surface area (Å²) in [5, 5.41) is 3.46. The van der Waals surface area contributed by atoms with Crippen LogP contribution in [0.1, 0.15) is 31.7 Å². The van der Waals surface area contributed by atoms with Crippen LogP contribution in [0.25, 0.3) is 0 Å². The second-order valence-electron chi connectivity index (χ2n) is 5.64. The van der Waals surface area contributed by atoms with Gasteiger partial charge in [-0.25, -0.2) is 4.98 Å². The number of anilines is 1. The first-order valence-corrected chi connectivity index (χ1v) is 8.03. The van der Waals surface area contributed by atoms with Crippen molar-refractivity contribution in [2.75, 3.05) is 31.5 Å². The van der Waals surface area contributed by atoms with E-state index in [1.165, 1.54) is 44.5 Å². The van der Waals surface area contributed by atoms with Crippen LogP contribution in [0.3, 0.4) is 0 Å². The number of pyridine rings is 1. The van der Waals surface area contributed by atoms with Gasteiger partial charge in [-0.1, -0.05) is 13.3 Å². The minimum atomic E-state index is 0.646. The first-order chi connectivity index (χ1) is 9.16. The molecule has 0 spiro atoms. The molecule has 0 saturated carbocycles. The van der Waals surface area contributed by atoms with Crippen molar-refractivity contribution in [3.05, 3.63) is 22.3 Å². The molecule has 19 heavy (non-hydrogen) atoms.